The number of nitrogens with one attached hydrogen (secondary N) is 1. The van der Waals surface area contributed by atoms with Crippen LogP contribution < -0.4 is 5.43 Å². The highest BCUT2D eigenvalue weighted by Gasteiger charge is 1.95. The maximum atomic E-state index is 5.17. The molecule has 0 radical (unpaired) electrons. The second-order valence-electron chi connectivity index (χ2n) is 6.21. The lowest BCUT2D eigenvalue weighted by molar-refractivity contribution is 0.402. The number of hydrogen-bond acceptors (Lipinski definition) is 5. The van der Waals surface area contributed by atoms with E-state index in [0.29, 0.717) is 0 Å². The first kappa shape index (κ1) is 17.6. The summed E-state index contributed by atoms with van der Waals surface area (Å²) in [6.45, 7) is 0.937. The molecule has 5 nitrogen and oxygen atoms in total. The van der Waals surface area contributed by atoms with E-state index < -0.39 is 0 Å². The van der Waals surface area contributed by atoms with Crippen molar-refractivity contribution in [3.8, 4) is 0 Å². The summed E-state index contributed by atoms with van der Waals surface area (Å²) < 4.78 is 5.17. The van der Waals surface area contributed by atoms with Gasteiger partial charge in [-0.1, -0.05) is 42.5 Å². The van der Waals surface area contributed by atoms with E-state index in [0.717, 1.165) is 29.1 Å². The van der Waals surface area contributed by atoms with Gasteiger partial charge in [0.05, 0.1) is 18.1 Å². The van der Waals surface area contributed by atoms with E-state index in [1.807, 2.05) is 42.6 Å². The smallest absolute Gasteiger partial charge is 0.181 e. The Morgan fingerprint density at radius 3 is 2.38 bits per heavy atom. The van der Waals surface area contributed by atoms with Crippen molar-refractivity contribution in [1.82, 2.24) is 9.88 Å². The van der Waals surface area contributed by atoms with Crippen molar-refractivity contribution in [2.24, 2.45) is 5.10 Å². The van der Waals surface area contributed by atoms with Crippen LogP contribution in [0.2, 0.25) is 0 Å². The van der Waals surface area contributed by atoms with Gasteiger partial charge in [-0.25, -0.2) is 4.98 Å². The quantitative estimate of drug-likeness (QED) is 0.510. The summed E-state index contributed by atoms with van der Waals surface area (Å²) in [5.74, 6) is 0.730. The van der Waals surface area contributed by atoms with Gasteiger partial charge >= 0.3 is 0 Å². The van der Waals surface area contributed by atoms with Gasteiger partial charge in [-0.2, -0.15) is 5.10 Å². The number of anilines is 1. The number of hydrogen-bond donors (Lipinski definition) is 1. The Labute approximate surface area is 153 Å². The molecule has 5 heteroatoms. The molecular formula is C21H22N4O. The SMILES string of the molecule is CN(C)Cc1ccc(C=NNc2ccc(C=Cc3cnco3)cc2)cc1. The van der Waals surface area contributed by atoms with Crippen LogP contribution in [-0.2, 0) is 6.54 Å². The summed E-state index contributed by atoms with van der Waals surface area (Å²) in [6.07, 6.45) is 8.77. The van der Waals surface area contributed by atoms with E-state index in [-0.39, 0.29) is 0 Å². The fourth-order valence-electron chi connectivity index (χ4n) is 2.41. The molecule has 0 bridgehead atoms. The van der Waals surface area contributed by atoms with Gasteiger partial charge in [-0.05, 0) is 49.0 Å². The molecule has 0 atom stereocenters. The summed E-state index contributed by atoms with van der Waals surface area (Å²) in [5.41, 5.74) is 7.40. The number of aromatic nitrogens is 1. The Morgan fingerprint density at radius 2 is 1.73 bits per heavy atom. The Morgan fingerprint density at radius 1 is 1.00 bits per heavy atom. The minimum atomic E-state index is 0.730. The first-order chi connectivity index (χ1) is 12.7. The summed E-state index contributed by atoms with van der Waals surface area (Å²) in [4.78, 5) is 6.03. The van der Waals surface area contributed by atoms with Crippen LogP contribution in [0.4, 0.5) is 5.69 Å². The number of rotatable bonds is 7. The van der Waals surface area contributed by atoms with Crippen molar-refractivity contribution < 1.29 is 4.42 Å². The maximum absolute atomic E-state index is 5.17. The van der Waals surface area contributed by atoms with Gasteiger partial charge in [0.2, 0.25) is 0 Å². The molecule has 1 N–H and O–H groups in total. The zero-order valence-corrected chi connectivity index (χ0v) is 15.0. The molecular weight excluding hydrogens is 324 g/mol. The van der Waals surface area contributed by atoms with Crippen LogP contribution >= 0.6 is 0 Å². The highest BCUT2D eigenvalue weighted by Crippen LogP contribution is 2.13. The molecule has 0 spiro atoms. The average molecular weight is 346 g/mol. The van der Waals surface area contributed by atoms with Crippen molar-refractivity contribution >= 4 is 24.1 Å². The number of oxazole rings is 1. The van der Waals surface area contributed by atoms with Crippen molar-refractivity contribution in [3.63, 3.8) is 0 Å². The summed E-state index contributed by atoms with van der Waals surface area (Å²) in [5, 5.41) is 4.29. The molecule has 0 unspecified atom stereocenters. The van der Waals surface area contributed by atoms with Crippen molar-refractivity contribution in [3.05, 3.63) is 83.6 Å². The van der Waals surface area contributed by atoms with E-state index >= 15 is 0 Å². The Bertz CT molecular complexity index is 848. The van der Waals surface area contributed by atoms with Crippen molar-refractivity contribution in [2.45, 2.75) is 6.54 Å². The fourth-order valence-corrected chi connectivity index (χ4v) is 2.41. The molecule has 3 rings (SSSR count). The van der Waals surface area contributed by atoms with Crippen molar-refractivity contribution in [1.29, 1.82) is 0 Å². The molecule has 132 valence electrons. The van der Waals surface area contributed by atoms with Gasteiger partial charge in [-0.15, -0.1) is 0 Å². The van der Waals surface area contributed by atoms with Crippen molar-refractivity contribution in [2.75, 3.05) is 19.5 Å². The van der Waals surface area contributed by atoms with Gasteiger partial charge in [0.25, 0.3) is 0 Å². The molecule has 0 aliphatic rings. The van der Waals surface area contributed by atoms with Crippen LogP contribution in [-0.4, -0.2) is 30.2 Å². The molecule has 0 amide bonds. The summed E-state index contributed by atoms with van der Waals surface area (Å²) in [6, 6.07) is 16.4. The average Bonchev–Trinajstić information content (AvgIpc) is 3.16. The lowest BCUT2D eigenvalue weighted by atomic mass is 10.1. The van der Waals surface area contributed by atoms with Crippen LogP contribution in [0.3, 0.4) is 0 Å². The first-order valence-corrected chi connectivity index (χ1v) is 8.38. The molecule has 2 aromatic carbocycles. The van der Waals surface area contributed by atoms with E-state index in [2.05, 4.69) is 58.8 Å². The normalized spacial score (nSPS) is 11.7. The Balaban J connectivity index is 1.53. The predicted molar refractivity (Wildman–Crippen MR) is 107 cm³/mol. The molecule has 3 aromatic rings. The summed E-state index contributed by atoms with van der Waals surface area (Å²) >= 11 is 0. The molecule has 1 heterocycles. The van der Waals surface area contributed by atoms with Gasteiger partial charge < -0.3 is 9.32 Å². The second-order valence-corrected chi connectivity index (χ2v) is 6.21. The van der Waals surface area contributed by atoms with Crippen LogP contribution in [0.15, 0.2) is 70.6 Å². The number of benzene rings is 2. The van der Waals surface area contributed by atoms with Gasteiger partial charge in [0.1, 0.15) is 5.76 Å². The predicted octanol–water partition coefficient (Wildman–Crippen LogP) is 4.35. The molecule has 26 heavy (non-hydrogen) atoms. The minimum Gasteiger partial charge on any atom is -0.444 e. The topological polar surface area (TPSA) is 53.7 Å². The number of nitrogens with zero attached hydrogens (tertiary/aromatic N) is 3. The fraction of sp³-hybridized carbons (Fsp3) is 0.143. The molecule has 0 aliphatic heterocycles. The van der Waals surface area contributed by atoms with E-state index in [4.69, 9.17) is 4.42 Å². The highest BCUT2D eigenvalue weighted by molar-refractivity contribution is 5.80. The van der Waals surface area contributed by atoms with Crippen LogP contribution in [0, 0.1) is 0 Å². The minimum absolute atomic E-state index is 0.730. The Hall–Kier alpha value is -3.18. The molecule has 0 fully saturated rings. The largest absolute Gasteiger partial charge is 0.444 e. The second kappa shape index (κ2) is 8.78. The van der Waals surface area contributed by atoms with Crippen LogP contribution in [0.25, 0.3) is 12.2 Å². The maximum Gasteiger partial charge on any atom is 0.181 e. The van der Waals surface area contributed by atoms with Crippen LogP contribution in [0.1, 0.15) is 22.5 Å². The standard InChI is InChI=1S/C21H22N4O/c1-25(2)15-19-5-3-18(4-6-19)13-23-24-20-10-7-17(8-11-20)9-12-21-14-22-16-26-21/h3-14,16,24H,15H2,1-2H3. The lowest BCUT2D eigenvalue weighted by Gasteiger charge is -2.09. The molecule has 0 saturated heterocycles. The summed E-state index contributed by atoms with van der Waals surface area (Å²) in [7, 11) is 4.13. The zero-order valence-electron chi connectivity index (χ0n) is 15.0. The van der Waals surface area contributed by atoms with E-state index in [1.54, 1.807) is 6.20 Å². The number of hydrazone groups is 1. The van der Waals surface area contributed by atoms with Gasteiger partial charge in [0, 0.05) is 6.54 Å². The monoisotopic (exact) mass is 346 g/mol. The van der Waals surface area contributed by atoms with Gasteiger partial charge in [0.15, 0.2) is 6.39 Å². The van der Waals surface area contributed by atoms with E-state index in [9.17, 15) is 0 Å². The highest BCUT2D eigenvalue weighted by atomic mass is 16.3. The lowest BCUT2D eigenvalue weighted by Crippen LogP contribution is -2.10. The third-order valence-corrected chi connectivity index (χ3v) is 3.69. The van der Waals surface area contributed by atoms with Gasteiger partial charge in [-0.3, -0.25) is 5.43 Å². The third-order valence-electron chi connectivity index (χ3n) is 3.69. The van der Waals surface area contributed by atoms with Crippen LogP contribution in [0.5, 0.6) is 0 Å². The zero-order chi connectivity index (χ0) is 18.2. The molecule has 0 aliphatic carbocycles. The van der Waals surface area contributed by atoms with E-state index in [1.165, 1.54) is 12.0 Å². The Kier molecular flexibility index (Phi) is 5.96. The first-order valence-electron chi connectivity index (χ1n) is 8.38. The molecule has 0 saturated carbocycles. The third kappa shape index (κ3) is 5.43. The molecule has 1 aromatic heterocycles.